The molecule has 0 radical (unpaired) electrons. The van der Waals surface area contributed by atoms with E-state index in [9.17, 15) is 38.4 Å². The molecule has 0 spiro atoms. The van der Waals surface area contributed by atoms with Crippen molar-refractivity contribution in [3.8, 4) is 11.6 Å². The standard InChI is InChI=1S/C19H18N4O3S2.C17H15N5O3S2.2C17H17N5O3S/c1-10-8-20-19(28-10)27-9-15-11(2)17(24)23(22-15)16-7-12-4-5-13(18(25)26-3)6-14(12)21-16;1-8-13(7-26-17-20-19-9(2)27-17)21-22(15(8)23)14-6-10-3-4-11(16(24)25)5-12(10)18-14;1-9-6-10(2)20-17(19-9)26-8-13-11(3)15(23)22(21-13)14-7-12(16(24)25)4-5-18-14;1-9-6-10(2)20-17(19-9)26-8-13-11(3)15(23)22(21-13)14-5-4-12(7-18-14)16(24)25/h4-6,8,22H,7,9H2,1-3H3;3-5,21H,6-7H2,1-2H3,(H,24,25);2*4-7,21H,8H2,1-3H3,(H,24,25). The van der Waals surface area contributed by atoms with Crippen LogP contribution in [0.3, 0.4) is 0 Å². The highest BCUT2D eigenvalue weighted by Crippen LogP contribution is 2.33. The number of H-pyrrole nitrogens is 4. The summed E-state index contributed by atoms with van der Waals surface area (Å²) in [7, 11) is 1.35. The Bertz CT molecular complexity index is 5720. The summed E-state index contributed by atoms with van der Waals surface area (Å²) in [5, 5.41) is 49.8. The minimum Gasteiger partial charge on any atom is -0.478 e. The Morgan fingerprint density at radius 2 is 0.888 bits per heavy atom. The number of hydrogen-bond acceptors (Lipinski definition) is 26. The van der Waals surface area contributed by atoms with Crippen LogP contribution in [0, 0.1) is 69.2 Å². The summed E-state index contributed by atoms with van der Waals surface area (Å²) in [6.07, 6.45) is 5.42. The summed E-state index contributed by atoms with van der Waals surface area (Å²) in [5.74, 6) is 0.391. The first-order valence-electron chi connectivity index (χ1n) is 32.3. The molecule has 0 unspecified atom stereocenters. The number of ether oxygens (including phenoxy) is 1. The Balaban J connectivity index is 0.000000142. The normalized spacial score (nSPS) is 11.9. The summed E-state index contributed by atoms with van der Waals surface area (Å²) in [5.41, 5.74) is 12.3. The number of aromatic carboxylic acids is 3. The van der Waals surface area contributed by atoms with Gasteiger partial charge in [0, 0.05) is 104 Å². The van der Waals surface area contributed by atoms with Crippen molar-refractivity contribution in [3.05, 3.63) is 244 Å². The monoisotopic (exact) mass is 1560 g/mol. The lowest BCUT2D eigenvalue weighted by Gasteiger charge is -2.03. The van der Waals surface area contributed by atoms with Gasteiger partial charge in [-0.3, -0.25) is 39.6 Å². The van der Waals surface area contributed by atoms with Crippen LogP contribution >= 0.6 is 69.7 Å². The van der Waals surface area contributed by atoms with Crippen molar-refractivity contribution in [1.82, 2.24) is 84.2 Å². The number of aromatic amines is 4. The van der Waals surface area contributed by atoms with Crippen LogP contribution in [-0.2, 0) is 40.6 Å². The number of aliphatic imine (C=N–C) groups is 2. The van der Waals surface area contributed by atoms with Gasteiger partial charge in [-0.05, 0) is 141 Å². The van der Waals surface area contributed by atoms with E-state index in [4.69, 9.17) is 20.1 Å². The summed E-state index contributed by atoms with van der Waals surface area (Å²) < 4.78 is 12.1. The highest BCUT2D eigenvalue weighted by molar-refractivity contribution is 8.00. The van der Waals surface area contributed by atoms with Gasteiger partial charge in [-0.15, -0.1) is 21.5 Å². The Morgan fingerprint density at radius 3 is 1.33 bits per heavy atom. The topological polar surface area (TPSA) is 430 Å². The number of nitrogens with one attached hydrogen (secondary N) is 4. The fraction of sp³-hybridized carbons (Fsp3) is 0.243. The number of aryl methyl sites for hydroxylation is 6. The van der Waals surface area contributed by atoms with Crippen molar-refractivity contribution in [2.75, 3.05) is 7.11 Å². The summed E-state index contributed by atoms with van der Waals surface area (Å²) in [6.45, 7) is 18.6. The van der Waals surface area contributed by atoms with E-state index < -0.39 is 23.9 Å². The number of fused-ring (bicyclic) bond motifs is 2. The van der Waals surface area contributed by atoms with E-state index in [0.29, 0.717) is 109 Å². The quantitative estimate of drug-likeness (QED) is 0.0238. The van der Waals surface area contributed by atoms with Gasteiger partial charge in [0.2, 0.25) is 0 Å². The van der Waals surface area contributed by atoms with E-state index in [0.717, 1.165) is 69.5 Å². The molecule has 12 heterocycles. The summed E-state index contributed by atoms with van der Waals surface area (Å²) >= 11 is 9.13. The fourth-order valence-corrected chi connectivity index (χ4v) is 16.3. The fourth-order valence-electron chi connectivity index (χ4n) is 10.6. The molecule has 2 aliphatic heterocycles. The molecule has 31 nitrogen and oxygen atoms in total. The number of carboxylic acids is 3. The molecule has 0 fully saturated rings. The largest absolute Gasteiger partial charge is 0.478 e. The number of thioether (sulfide) groups is 4. The highest BCUT2D eigenvalue weighted by atomic mass is 32.2. The van der Waals surface area contributed by atoms with Crippen molar-refractivity contribution in [2.45, 2.75) is 124 Å². The van der Waals surface area contributed by atoms with E-state index >= 15 is 0 Å². The lowest BCUT2D eigenvalue weighted by molar-refractivity contribution is 0.0598. The number of carboxylic acid groups (broad SMARTS) is 3. The predicted octanol–water partition coefficient (Wildman–Crippen LogP) is 10.8. The number of thiazole rings is 1. The van der Waals surface area contributed by atoms with Crippen LogP contribution in [0.5, 0.6) is 0 Å². The molecule has 0 saturated carbocycles. The highest BCUT2D eigenvalue weighted by Gasteiger charge is 2.25. The van der Waals surface area contributed by atoms with Crippen molar-refractivity contribution in [1.29, 1.82) is 0 Å². The first kappa shape index (κ1) is 76.9. The molecule has 14 rings (SSSR count). The van der Waals surface area contributed by atoms with Gasteiger partial charge < -0.3 is 20.1 Å². The lowest BCUT2D eigenvalue weighted by atomic mass is 10.1. The van der Waals surface area contributed by atoms with E-state index in [-0.39, 0.29) is 44.7 Å². The lowest BCUT2D eigenvalue weighted by Crippen LogP contribution is -2.26. The van der Waals surface area contributed by atoms with Gasteiger partial charge in [0.1, 0.15) is 21.0 Å². The molecule has 2 aliphatic rings. The van der Waals surface area contributed by atoms with Crippen LogP contribution in [0.15, 0.2) is 140 Å². The minimum absolute atomic E-state index is 0.0628. The van der Waals surface area contributed by atoms with Gasteiger partial charge in [0.25, 0.3) is 22.2 Å². The van der Waals surface area contributed by atoms with Crippen LogP contribution in [0.4, 0.5) is 11.4 Å². The number of nitrogens with zero attached hydrogens (tertiary/aromatic N) is 15. The Labute approximate surface area is 632 Å². The number of esters is 1. The number of carbonyl (C=O) groups is 4. The molecule has 550 valence electrons. The first-order valence-corrected chi connectivity index (χ1v) is 37.9. The molecule has 0 aliphatic carbocycles. The van der Waals surface area contributed by atoms with E-state index in [1.54, 1.807) is 68.1 Å². The molecule has 0 atom stereocenters. The van der Waals surface area contributed by atoms with Crippen molar-refractivity contribution in [3.63, 3.8) is 0 Å². The van der Waals surface area contributed by atoms with Crippen molar-refractivity contribution < 1.29 is 39.2 Å². The molecule has 0 bridgehead atoms. The van der Waals surface area contributed by atoms with Gasteiger partial charge in [-0.25, -0.2) is 82.8 Å². The van der Waals surface area contributed by atoms with Crippen LogP contribution in [0.1, 0.15) is 130 Å². The number of hydrogen-bond donors (Lipinski definition) is 7. The van der Waals surface area contributed by atoms with Crippen LogP contribution in [0.2, 0.25) is 0 Å². The molecule has 2 aromatic carbocycles. The minimum atomic E-state index is -1.08. The van der Waals surface area contributed by atoms with Crippen LogP contribution in [-0.4, -0.2) is 142 Å². The number of rotatable bonds is 18. The Morgan fingerprint density at radius 1 is 0.458 bits per heavy atom. The summed E-state index contributed by atoms with van der Waals surface area (Å²) in [4.78, 5) is 135. The number of benzene rings is 2. The average Bonchev–Trinajstić information content (AvgIpc) is 1.69. The Hall–Kier alpha value is -11.3. The molecule has 10 aromatic heterocycles. The van der Waals surface area contributed by atoms with E-state index in [2.05, 4.69) is 75.5 Å². The SMILES string of the molecule is COC(=O)c1ccc2c(c1)N=C(n1[nH]c(CSc3ncc(C)s3)c(C)c1=O)C2.Cc1cc(C)nc(SCc2[nH]n(-c3cc(C(=O)O)ccn3)c(=O)c2C)n1.Cc1cc(C)nc(SCc2[nH]n(-c3ccc(C(=O)O)cn3)c(=O)c2C)n1.Cc1nnc(SCc2[nH]n(C3=Nc4cc(C(=O)O)ccc4C3)c(=O)c2C)s1. The number of carbonyl (C=O) groups excluding carboxylic acids is 1. The molecule has 37 heteroatoms. The second-order valence-corrected chi connectivity index (χ2v) is 30.8. The maximum Gasteiger partial charge on any atom is 0.337 e. The number of aromatic nitrogens is 17. The van der Waals surface area contributed by atoms with Gasteiger partial charge in [0.15, 0.2) is 26.3 Å². The zero-order valence-electron chi connectivity index (χ0n) is 59.1. The smallest absolute Gasteiger partial charge is 0.337 e. The second kappa shape index (κ2) is 33.5. The maximum atomic E-state index is 12.7. The third-order valence-electron chi connectivity index (χ3n) is 16.3. The maximum absolute atomic E-state index is 12.7. The van der Waals surface area contributed by atoms with Crippen LogP contribution in [0.25, 0.3) is 11.6 Å². The molecule has 107 heavy (non-hydrogen) atoms. The molecule has 0 amide bonds. The van der Waals surface area contributed by atoms with E-state index in [1.165, 1.54) is 115 Å². The third kappa shape index (κ3) is 18.4. The van der Waals surface area contributed by atoms with Crippen molar-refractivity contribution >= 4 is 117 Å². The first-order chi connectivity index (χ1) is 51.1. The third-order valence-corrected chi connectivity index (χ3v) is 22.1. The zero-order valence-corrected chi connectivity index (χ0v) is 64.0. The number of methoxy groups -OCH3 is 1. The molecule has 0 saturated heterocycles. The summed E-state index contributed by atoms with van der Waals surface area (Å²) in [6, 6.07) is 19.5. The molecular formula is C70H67N19O12S6. The number of pyridine rings is 2. The second-order valence-electron chi connectivity index (χ2n) is 24.1. The molecule has 7 N–H and O–H groups in total. The van der Waals surface area contributed by atoms with Gasteiger partial charge >= 0.3 is 23.9 Å². The molecular weight excluding hydrogens is 1490 g/mol. The molecule has 12 aromatic rings. The van der Waals surface area contributed by atoms with Gasteiger partial charge in [-0.1, -0.05) is 70.5 Å². The zero-order chi connectivity index (χ0) is 76.7. The van der Waals surface area contributed by atoms with Crippen molar-refractivity contribution in [2.24, 2.45) is 9.98 Å². The predicted molar refractivity (Wildman–Crippen MR) is 408 cm³/mol. The average molecular weight is 1560 g/mol. The van der Waals surface area contributed by atoms with Gasteiger partial charge in [-0.2, -0.15) is 0 Å². The van der Waals surface area contributed by atoms with Crippen LogP contribution < -0.4 is 22.2 Å². The Kier molecular flexibility index (Phi) is 24.0. The van der Waals surface area contributed by atoms with Gasteiger partial charge in [0.05, 0.1) is 63.5 Å². The van der Waals surface area contributed by atoms with E-state index in [1.807, 2.05) is 72.9 Å².